The van der Waals surface area contributed by atoms with Crippen LogP contribution in [0.1, 0.15) is 31.7 Å². The van der Waals surface area contributed by atoms with Crippen molar-refractivity contribution in [3.63, 3.8) is 0 Å². The van der Waals surface area contributed by atoms with E-state index < -0.39 is 0 Å². The normalized spacial score (nSPS) is 17.5. The van der Waals surface area contributed by atoms with E-state index in [0.717, 1.165) is 0 Å². The fourth-order valence-electron chi connectivity index (χ4n) is 2.60. The Bertz CT molecular complexity index is 597. The molecule has 5 nitrogen and oxygen atoms in total. The number of nitrogens with one attached hydrogen (secondary N) is 1. The molecule has 7 heteroatoms. The largest absolute Gasteiger partial charge is 0.336 e. The first-order valence-corrected chi connectivity index (χ1v) is 9.19. The lowest BCUT2D eigenvalue weighted by Crippen LogP contribution is -2.46. The van der Waals surface area contributed by atoms with E-state index in [4.69, 9.17) is 0 Å². The summed E-state index contributed by atoms with van der Waals surface area (Å²) in [7, 11) is 0. The van der Waals surface area contributed by atoms with Gasteiger partial charge in [-0.15, -0.1) is 11.8 Å². The average molecular weight is 353 g/mol. The Morgan fingerprint density at radius 2 is 2.17 bits per heavy atom. The van der Waals surface area contributed by atoms with Gasteiger partial charge >= 0.3 is 6.03 Å². The fraction of sp³-hybridized carbons (Fsp3) is 0.529. The maximum absolute atomic E-state index is 14.1. The van der Waals surface area contributed by atoms with Crippen molar-refractivity contribution in [2.75, 3.05) is 25.4 Å². The van der Waals surface area contributed by atoms with Crippen molar-refractivity contribution >= 4 is 23.7 Å². The van der Waals surface area contributed by atoms with Gasteiger partial charge in [-0.2, -0.15) is 0 Å². The lowest BCUT2D eigenvalue weighted by Gasteiger charge is -2.29. The van der Waals surface area contributed by atoms with E-state index in [1.165, 1.54) is 17.8 Å². The third-order valence-electron chi connectivity index (χ3n) is 3.83. The molecular formula is C17H24FN3O2S. The smallest absolute Gasteiger partial charge is 0.317 e. The number of hydrogen-bond donors (Lipinski definition) is 1. The van der Waals surface area contributed by atoms with Crippen LogP contribution in [0.15, 0.2) is 24.3 Å². The number of likely N-dealkylation sites (N-methyl/N-ethyl adjacent to an activating group) is 1. The van der Waals surface area contributed by atoms with E-state index in [0.29, 0.717) is 31.0 Å². The van der Waals surface area contributed by atoms with Crippen molar-refractivity contribution in [1.29, 1.82) is 0 Å². The summed E-state index contributed by atoms with van der Waals surface area (Å²) in [6, 6.07) is 6.44. The van der Waals surface area contributed by atoms with Gasteiger partial charge in [-0.1, -0.05) is 18.2 Å². The molecule has 1 N–H and O–H groups in total. The number of thioether (sulfide) groups is 1. The van der Waals surface area contributed by atoms with Crippen LogP contribution in [0.4, 0.5) is 9.18 Å². The molecule has 0 aromatic heterocycles. The SMILES string of the molecule is CCN(CCN1C(=O)CSC1c1ccccc1F)C(=O)NC(C)C. The van der Waals surface area contributed by atoms with Crippen molar-refractivity contribution in [1.82, 2.24) is 15.1 Å². The van der Waals surface area contributed by atoms with Gasteiger partial charge in [-0.25, -0.2) is 9.18 Å². The molecule has 132 valence electrons. The molecule has 1 aliphatic rings. The van der Waals surface area contributed by atoms with Crippen LogP contribution in [0.3, 0.4) is 0 Å². The minimum absolute atomic E-state index is 0.0198. The summed E-state index contributed by atoms with van der Waals surface area (Å²) in [4.78, 5) is 27.6. The molecule has 1 aliphatic heterocycles. The number of halogens is 1. The second-order valence-electron chi connectivity index (χ2n) is 5.96. The van der Waals surface area contributed by atoms with Crippen LogP contribution in [0, 0.1) is 5.82 Å². The van der Waals surface area contributed by atoms with Gasteiger partial charge in [0.15, 0.2) is 0 Å². The Morgan fingerprint density at radius 3 is 2.79 bits per heavy atom. The molecule has 1 aromatic rings. The number of amides is 3. The standard InChI is InChI=1S/C17H24FN3O2S/c1-4-20(17(23)19-12(2)3)9-10-21-15(22)11-24-16(21)13-7-5-6-8-14(13)18/h5-8,12,16H,4,9-11H2,1-3H3,(H,19,23). The predicted molar refractivity (Wildman–Crippen MR) is 94.2 cm³/mol. The number of carbonyl (C=O) groups excluding carboxylic acids is 2. The molecule has 1 saturated heterocycles. The third-order valence-corrected chi connectivity index (χ3v) is 5.07. The van der Waals surface area contributed by atoms with Gasteiger partial charge in [0.05, 0.1) is 5.75 Å². The fourth-order valence-corrected chi connectivity index (χ4v) is 3.84. The van der Waals surface area contributed by atoms with Crippen LogP contribution in [-0.4, -0.2) is 53.2 Å². The monoisotopic (exact) mass is 353 g/mol. The van der Waals surface area contributed by atoms with Crippen LogP contribution in [-0.2, 0) is 4.79 Å². The molecular weight excluding hydrogens is 329 g/mol. The topological polar surface area (TPSA) is 52.7 Å². The number of hydrogen-bond acceptors (Lipinski definition) is 3. The summed E-state index contributed by atoms with van der Waals surface area (Å²) >= 11 is 1.42. The first kappa shape index (κ1) is 18.6. The van der Waals surface area contributed by atoms with Crippen molar-refractivity contribution < 1.29 is 14.0 Å². The van der Waals surface area contributed by atoms with E-state index in [1.54, 1.807) is 28.0 Å². The van der Waals surface area contributed by atoms with Crippen LogP contribution in [0.25, 0.3) is 0 Å². The highest BCUT2D eigenvalue weighted by Gasteiger charge is 2.34. The average Bonchev–Trinajstić information content (AvgIpc) is 2.89. The van der Waals surface area contributed by atoms with Gasteiger partial charge in [0.2, 0.25) is 5.91 Å². The van der Waals surface area contributed by atoms with Crippen molar-refractivity contribution in [3.05, 3.63) is 35.6 Å². The lowest BCUT2D eigenvalue weighted by atomic mass is 10.2. The maximum atomic E-state index is 14.1. The summed E-state index contributed by atoms with van der Waals surface area (Å²) < 4.78 is 14.1. The minimum Gasteiger partial charge on any atom is -0.336 e. The van der Waals surface area contributed by atoms with Gasteiger partial charge in [0.25, 0.3) is 0 Å². The molecule has 0 aliphatic carbocycles. The Hall–Kier alpha value is -1.76. The van der Waals surface area contributed by atoms with E-state index in [1.807, 2.05) is 20.8 Å². The van der Waals surface area contributed by atoms with E-state index in [-0.39, 0.29) is 29.2 Å². The van der Waals surface area contributed by atoms with Crippen molar-refractivity contribution in [3.8, 4) is 0 Å². The summed E-state index contributed by atoms with van der Waals surface area (Å²) in [6.07, 6.45) is 0. The zero-order valence-electron chi connectivity index (χ0n) is 14.3. The number of urea groups is 1. The van der Waals surface area contributed by atoms with Gasteiger partial charge in [-0.3, -0.25) is 4.79 Å². The van der Waals surface area contributed by atoms with Crippen molar-refractivity contribution in [2.24, 2.45) is 0 Å². The molecule has 0 spiro atoms. The summed E-state index contributed by atoms with van der Waals surface area (Å²) in [5.74, 6) is 0.0109. The Labute approximate surface area is 146 Å². The highest BCUT2D eigenvalue weighted by Crippen LogP contribution is 2.39. The first-order valence-electron chi connectivity index (χ1n) is 8.15. The molecule has 2 rings (SSSR count). The van der Waals surface area contributed by atoms with Crippen LogP contribution >= 0.6 is 11.8 Å². The molecule has 24 heavy (non-hydrogen) atoms. The molecule has 1 unspecified atom stereocenters. The summed E-state index contributed by atoms with van der Waals surface area (Å²) in [5.41, 5.74) is 0.517. The number of carbonyl (C=O) groups is 2. The second kappa shape index (κ2) is 8.37. The van der Waals surface area contributed by atoms with Gasteiger partial charge in [0, 0.05) is 31.2 Å². The van der Waals surface area contributed by atoms with E-state index >= 15 is 0 Å². The Morgan fingerprint density at radius 1 is 1.46 bits per heavy atom. The van der Waals surface area contributed by atoms with Gasteiger partial charge < -0.3 is 15.1 Å². The Balaban J connectivity index is 2.05. The summed E-state index contributed by atoms with van der Waals surface area (Å²) in [6.45, 7) is 7.07. The minimum atomic E-state index is -0.328. The first-order chi connectivity index (χ1) is 11.4. The zero-order valence-corrected chi connectivity index (χ0v) is 15.1. The van der Waals surface area contributed by atoms with Gasteiger partial charge in [0.1, 0.15) is 11.2 Å². The highest BCUT2D eigenvalue weighted by molar-refractivity contribution is 8.00. The third kappa shape index (κ3) is 4.41. The molecule has 1 atom stereocenters. The highest BCUT2D eigenvalue weighted by atomic mass is 32.2. The molecule has 3 amide bonds. The molecule has 0 saturated carbocycles. The maximum Gasteiger partial charge on any atom is 0.317 e. The number of nitrogens with zero attached hydrogens (tertiary/aromatic N) is 2. The predicted octanol–water partition coefficient (Wildman–Crippen LogP) is 2.84. The molecule has 1 heterocycles. The lowest BCUT2D eigenvalue weighted by molar-refractivity contribution is -0.128. The Kier molecular flexibility index (Phi) is 6.48. The molecule has 1 fully saturated rings. The van der Waals surface area contributed by atoms with Crippen LogP contribution < -0.4 is 5.32 Å². The zero-order chi connectivity index (χ0) is 17.7. The quantitative estimate of drug-likeness (QED) is 0.856. The molecule has 0 radical (unpaired) electrons. The van der Waals surface area contributed by atoms with Crippen LogP contribution in [0.5, 0.6) is 0 Å². The summed E-state index contributed by atoms with van der Waals surface area (Å²) in [5, 5.41) is 2.52. The van der Waals surface area contributed by atoms with E-state index in [9.17, 15) is 14.0 Å². The molecule has 0 bridgehead atoms. The van der Waals surface area contributed by atoms with Crippen molar-refractivity contribution in [2.45, 2.75) is 32.2 Å². The second-order valence-corrected chi connectivity index (χ2v) is 7.02. The van der Waals surface area contributed by atoms with Gasteiger partial charge in [-0.05, 0) is 26.8 Å². The van der Waals surface area contributed by atoms with E-state index in [2.05, 4.69) is 5.32 Å². The molecule has 1 aromatic carbocycles. The number of benzene rings is 1. The van der Waals surface area contributed by atoms with Crippen LogP contribution in [0.2, 0.25) is 0 Å². The number of rotatable bonds is 6.